The number of rotatable bonds is 6. The molecule has 2 aromatic rings. The maximum absolute atomic E-state index is 13.5. The molecule has 1 saturated carbocycles. The maximum atomic E-state index is 13.5. The number of nitrogens with two attached hydrogens (primary N) is 1. The van der Waals surface area contributed by atoms with Crippen LogP contribution in [-0.4, -0.2) is 35.7 Å². The molecule has 2 aromatic carbocycles. The lowest BCUT2D eigenvalue weighted by Crippen LogP contribution is -2.60. The van der Waals surface area contributed by atoms with Gasteiger partial charge in [-0.25, -0.2) is 9.28 Å². The van der Waals surface area contributed by atoms with Crippen LogP contribution in [-0.2, 0) is 17.1 Å². The Bertz CT molecular complexity index is 1120. The van der Waals surface area contributed by atoms with Crippen molar-refractivity contribution in [2.75, 3.05) is 13.1 Å². The summed E-state index contributed by atoms with van der Waals surface area (Å²) < 4.78 is 87.3. The van der Waals surface area contributed by atoms with Crippen LogP contribution in [0.5, 0.6) is 0 Å². The Morgan fingerprint density at radius 2 is 1.59 bits per heavy atom. The van der Waals surface area contributed by atoms with E-state index in [9.17, 15) is 31.1 Å². The van der Waals surface area contributed by atoms with Crippen LogP contribution in [0.3, 0.4) is 0 Å². The van der Waals surface area contributed by atoms with Gasteiger partial charge in [-0.05, 0) is 56.0 Å². The normalized spacial score (nSPS) is 28.8. The smallest absolute Gasteiger partial charge is 0.370 e. The van der Waals surface area contributed by atoms with Gasteiger partial charge in [0.05, 0.1) is 42.5 Å². The first-order valence-corrected chi connectivity index (χ1v) is 13.4. The lowest BCUT2D eigenvalue weighted by atomic mass is 9.72. The van der Waals surface area contributed by atoms with Crippen LogP contribution in [0.2, 0.25) is 0 Å². The second kappa shape index (κ2) is 11.1. The number of likely N-dealkylation sites (tertiary alicyclic amines) is 1. The number of urea groups is 1. The number of carbonyl (C=O) groups is 1. The number of halogens is 6. The Morgan fingerprint density at radius 1 is 0.974 bits per heavy atom. The van der Waals surface area contributed by atoms with Gasteiger partial charge in [0.15, 0.2) is 0 Å². The zero-order valence-corrected chi connectivity index (χ0v) is 22.1. The van der Waals surface area contributed by atoms with E-state index in [1.807, 2.05) is 37.3 Å². The fourth-order valence-electron chi connectivity index (χ4n) is 6.56. The average molecular weight is 558 g/mol. The van der Waals surface area contributed by atoms with Gasteiger partial charge in [0, 0.05) is 24.7 Å². The van der Waals surface area contributed by atoms with Crippen molar-refractivity contribution in [3.63, 3.8) is 0 Å². The molecule has 2 amide bonds. The van der Waals surface area contributed by atoms with Crippen LogP contribution in [0.4, 0.5) is 31.1 Å². The molecule has 2 N–H and O–H groups in total. The molecule has 214 valence electrons. The molecule has 1 aliphatic heterocycles. The highest BCUT2D eigenvalue weighted by atomic mass is 19.4. The molecule has 1 saturated heterocycles. The molecule has 39 heavy (non-hydrogen) atoms. The van der Waals surface area contributed by atoms with Gasteiger partial charge in [-0.3, -0.25) is 0 Å². The molecule has 1 aliphatic carbocycles. The predicted octanol–water partition coefficient (Wildman–Crippen LogP) is 7.83. The van der Waals surface area contributed by atoms with Gasteiger partial charge in [-0.2, -0.15) is 26.3 Å². The minimum Gasteiger partial charge on any atom is -0.370 e. The number of ether oxygens (including phenoxy) is 1. The van der Waals surface area contributed by atoms with Gasteiger partial charge < -0.3 is 10.5 Å². The number of alkyl halides is 6. The monoisotopic (exact) mass is 557 g/mol. The third-order valence-corrected chi connectivity index (χ3v) is 8.64. The number of amides is 2. The Balaban J connectivity index is 1.67. The van der Waals surface area contributed by atoms with Crippen molar-refractivity contribution < 1.29 is 40.4 Å². The van der Waals surface area contributed by atoms with Crippen molar-refractivity contribution in [3.8, 4) is 0 Å². The third kappa shape index (κ3) is 6.27. The van der Waals surface area contributed by atoms with Gasteiger partial charge in [-0.15, -0.1) is 0 Å². The van der Waals surface area contributed by atoms with Crippen LogP contribution in [0.25, 0.3) is 0 Å². The van der Waals surface area contributed by atoms with E-state index in [1.165, 1.54) is 6.92 Å². The molecule has 2 aliphatic rings. The summed E-state index contributed by atoms with van der Waals surface area (Å²) in [6, 6.07) is 10.9. The second-order valence-electron chi connectivity index (χ2n) is 11.1. The van der Waals surface area contributed by atoms with Gasteiger partial charge >= 0.3 is 18.4 Å². The van der Waals surface area contributed by atoms with E-state index < -0.39 is 35.7 Å². The summed E-state index contributed by atoms with van der Waals surface area (Å²) in [5, 5.41) is 0. The van der Waals surface area contributed by atoms with Crippen molar-refractivity contribution in [1.29, 1.82) is 0 Å². The minimum absolute atomic E-state index is 0.00125. The summed E-state index contributed by atoms with van der Waals surface area (Å²) in [4.78, 5) is 12.7. The van der Waals surface area contributed by atoms with Crippen LogP contribution in [0.15, 0.2) is 48.5 Å². The minimum atomic E-state index is -4.93. The molecule has 0 aromatic heterocycles. The molecule has 1 heterocycles. The number of primary amides is 1. The molecular weight excluding hydrogens is 522 g/mol. The van der Waals surface area contributed by atoms with Crippen molar-refractivity contribution in [1.82, 2.24) is 0 Å². The van der Waals surface area contributed by atoms with E-state index in [4.69, 9.17) is 10.5 Å². The van der Waals surface area contributed by atoms with Crippen molar-refractivity contribution in [2.45, 2.75) is 82.5 Å². The molecule has 3 unspecified atom stereocenters. The van der Waals surface area contributed by atoms with Crippen LogP contribution in [0, 0.1) is 5.92 Å². The topological polar surface area (TPSA) is 52.3 Å². The van der Waals surface area contributed by atoms with Crippen LogP contribution >= 0.6 is 0 Å². The first kappa shape index (κ1) is 29.4. The molecule has 4 rings (SSSR count). The standard InChI is InChI=1S/C29H34F6N2O2/c1-18-8-7-13-37(18,27(36)38)17-21-11-6-12-25(26(21)20-9-4-3-5-10-20)39-19(2)22-14-23(28(30,31)32)16-24(15-22)29(33,34)35/h3-5,9-10,14-16,18-19,21,25-26H,6-8,11-13,17H2,1-2H3,(H-,36,38)/p+1/t18?,19?,21-,25+,26-,37?/m1/s1. The fourth-order valence-corrected chi connectivity index (χ4v) is 6.56. The third-order valence-electron chi connectivity index (χ3n) is 8.64. The first-order chi connectivity index (χ1) is 18.2. The van der Waals surface area contributed by atoms with E-state index in [-0.39, 0.29) is 40.0 Å². The Kier molecular flexibility index (Phi) is 8.38. The fraction of sp³-hybridized carbons (Fsp3) is 0.552. The SMILES string of the molecule is CC(O[C@H]1CCC[C@H](C[N+]2(C(N)=O)CCCC2C)[C@H]1c1ccccc1)c1cc(C(F)(F)F)cc(C(F)(F)F)c1. The summed E-state index contributed by atoms with van der Waals surface area (Å²) in [6.07, 6.45) is -7.40. The van der Waals surface area contributed by atoms with Crippen molar-refractivity contribution in [3.05, 3.63) is 70.8 Å². The van der Waals surface area contributed by atoms with Gasteiger partial charge in [-0.1, -0.05) is 36.8 Å². The molecule has 0 spiro atoms. The van der Waals surface area contributed by atoms with Crippen LogP contribution in [0.1, 0.15) is 80.2 Å². The lowest BCUT2D eigenvalue weighted by Gasteiger charge is -2.44. The van der Waals surface area contributed by atoms with E-state index in [0.29, 0.717) is 19.5 Å². The lowest BCUT2D eigenvalue weighted by molar-refractivity contribution is -0.863. The zero-order valence-electron chi connectivity index (χ0n) is 22.1. The second-order valence-corrected chi connectivity index (χ2v) is 11.1. The van der Waals surface area contributed by atoms with Crippen LogP contribution < -0.4 is 5.73 Å². The highest BCUT2D eigenvalue weighted by Gasteiger charge is 2.49. The van der Waals surface area contributed by atoms with Gasteiger partial charge in [0.2, 0.25) is 0 Å². The summed E-state index contributed by atoms with van der Waals surface area (Å²) in [6.45, 7) is 4.69. The van der Waals surface area contributed by atoms with Gasteiger partial charge in [0.1, 0.15) is 0 Å². The summed E-state index contributed by atoms with van der Waals surface area (Å²) >= 11 is 0. The Hall–Kier alpha value is -2.59. The molecule has 10 heteroatoms. The number of benzene rings is 2. The molecule has 4 nitrogen and oxygen atoms in total. The number of hydrogen-bond acceptors (Lipinski definition) is 2. The highest BCUT2D eigenvalue weighted by Crippen LogP contribution is 2.45. The Morgan fingerprint density at radius 3 is 2.10 bits per heavy atom. The quantitative estimate of drug-likeness (QED) is 0.291. The number of nitrogens with zero attached hydrogens (tertiary/aromatic N) is 1. The number of carbonyl (C=O) groups excluding carboxylic acids is 1. The predicted molar refractivity (Wildman–Crippen MR) is 135 cm³/mol. The largest absolute Gasteiger partial charge is 0.416 e. The number of quaternary nitrogens is 1. The number of hydrogen-bond donors (Lipinski definition) is 1. The van der Waals surface area contributed by atoms with E-state index in [0.717, 1.165) is 43.4 Å². The van der Waals surface area contributed by atoms with E-state index >= 15 is 0 Å². The summed E-state index contributed by atoms with van der Waals surface area (Å²) in [7, 11) is 0. The average Bonchev–Trinajstić information content (AvgIpc) is 3.24. The van der Waals surface area contributed by atoms with Crippen molar-refractivity contribution in [2.24, 2.45) is 11.7 Å². The molecule has 0 bridgehead atoms. The zero-order chi connectivity index (χ0) is 28.6. The molecular formula is C29H35F6N2O2+. The van der Waals surface area contributed by atoms with E-state index in [1.54, 1.807) is 0 Å². The Labute approximate surface area is 224 Å². The highest BCUT2D eigenvalue weighted by molar-refractivity contribution is 5.64. The molecule has 2 fully saturated rings. The summed E-state index contributed by atoms with van der Waals surface area (Å²) in [5.41, 5.74) is 4.00. The van der Waals surface area contributed by atoms with Gasteiger partial charge in [0.25, 0.3) is 0 Å². The van der Waals surface area contributed by atoms with E-state index in [2.05, 4.69) is 0 Å². The van der Waals surface area contributed by atoms with Crippen molar-refractivity contribution >= 4 is 6.03 Å². The first-order valence-electron chi connectivity index (χ1n) is 13.4. The molecule has 0 radical (unpaired) electrons. The molecule has 6 atom stereocenters. The summed E-state index contributed by atoms with van der Waals surface area (Å²) in [5.74, 6) is -0.198. The maximum Gasteiger partial charge on any atom is 0.416 e.